The normalized spacial score (nSPS) is 22.6. The third-order valence-corrected chi connectivity index (χ3v) is 5.24. The molecule has 7 nitrogen and oxygen atoms in total. The van der Waals surface area contributed by atoms with Crippen molar-refractivity contribution in [1.82, 2.24) is 10.6 Å². The molecular formula is C21H22BrFN2O5. The van der Waals surface area contributed by atoms with E-state index in [2.05, 4.69) is 26.6 Å². The van der Waals surface area contributed by atoms with E-state index in [9.17, 15) is 14.3 Å². The molecule has 4 rings (SSSR count). The number of hydrogen-bond acceptors (Lipinski definition) is 6. The summed E-state index contributed by atoms with van der Waals surface area (Å²) in [6.45, 7) is 5.90. The number of hydrogen-bond donors (Lipinski definition) is 3. The van der Waals surface area contributed by atoms with Gasteiger partial charge in [-0.1, -0.05) is 15.9 Å². The van der Waals surface area contributed by atoms with Crippen molar-refractivity contribution in [3.8, 4) is 17.2 Å². The van der Waals surface area contributed by atoms with E-state index < -0.39 is 29.3 Å². The maximum Gasteiger partial charge on any atom is 0.409 e. The molecule has 3 N–H and O–H groups in total. The van der Waals surface area contributed by atoms with Crippen molar-refractivity contribution in [3.05, 3.63) is 51.7 Å². The molecule has 1 saturated heterocycles. The van der Waals surface area contributed by atoms with Gasteiger partial charge in [0.2, 0.25) is 0 Å². The molecule has 1 amide bonds. The molecular weight excluding hydrogens is 459 g/mol. The molecule has 0 aromatic heterocycles. The number of aromatic hydroxyl groups is 1. The van der Waals surface area contributed by atoms with Crippen molar-refractivity contribution in [2.45, 2.75) is 38.2 Å². The summed E-state index contributed by atoms with van der Waals surface area (Å²) in [6.07, 6.45) is -1.40. The molecule has 1 fully saturated rings. The number of benzene rings is 2. The first-order chi connectivity index (χ1) is 14.1. The highest BCUT2D eigenvalue weighted by atomic mass is 79.9. The Balaban J connectivity index is 1.76. The maximum atomic E-state index is 14.8. The van der Waals surface area contributed by atoms with Gasteiger partial charge in [0.15, 0.2) is 11.6 Å². The third-order valence-electron chi connectivity index (χ3n) is 4.78. The summed E-state index contributed by atoms with van der Waals surface area (Å²) in [6, 6.07) is 7.56. The lowest BCUT2D eigenvalue weighted by molar-refractivity contribution is -0.112. The molecule has 160 valence electrons. The van der Waals surface area contributed by atoms with E-state index >= 15 is 0 Å². The predicted molar refractivity (Wildman–Crippen MR) is 110 cm³/mol. The van der Waals surface area contributed by atoms with E-state index in [0.29, 0.717) is 27.9 Å². The number of ether oxygens (including phenoxy) is 3. The van der Waals surface area contributed by atoms with Gasteiger partial charge in [0, 0.05) is 28.7 Å². The quantitative estimate of drug-likeness (QED) is 0.568. The van der Waals surface area contributed by atoms with Gasteiger partial charge in [0.1, 0.15) is 28.9 Å². The van der Waals surface area contributed by atoms with E-state index in [1.54, 1.807) is 32.9 Å². The Labute approximate surface area is 181 Å². The van der Waals surface area contributed by atoms with Crippen molar-refractivity contribution in [2.24, 2.45) is 0 Å². The van der Waals surface area contributed by atoms with Crippen LogP contribution in [0.25, 0.3) is 0 Å². The number of carbonyl (C=O) groups is 1. The standard InChI is InChI=1S/C21H22BrFN2O5/c1-20(2,3)30-19(27)25-17-9-24-10-21(29-17)13-8-12(26)4-5-16(13)28-18-14(21)6-11(22)7-15(18)23/h4-8,17,24,26H,9-10H2,1-3H3,(H,25,27)/t17-,21?/m0/s1. The van der Waals surface area contributed by atoms with E-state index in [1.807, 2.05) is 0 Å². The van der Waals surface area contributed by atoms with E-state index in [4.69, 9.17) is 14.2 Å². The van der Waals surface area contributed by atoms with Crippen LogP contribution >= 0.6 is 15.9 Å². The zero-order valence-electron chi connectivity index (χ0n) is 16.7. The molecule has 2 aliphatic heterocycles. The number of alkyl carbamates (subject to hydrolysis) is 1. The van der Waals surface area contributed by atoms with Crippen LogP contribution in [-0.4, -0.2) is 36.1 Å². The second-order valence-electron chi connectivity index (χ2n) is 8.26. The van der Waals surface area contributed by atoms with Gasteiger partial charge < -0.3 is 24.6 Å². The van der Waals surface area contributed by atoms with Crippen molar-refractivity contribution in [2.75, 3.05) is 13.1 Å². The predicted octanol–water partition coefficient (Wildman–Crippen LogP) is 4.11. The average Bonchev–Trinajstić information content (AvgIpc) is 2.62. The van der Waals surface area contributed by atoms with Gasteiger partial charge in [-0.2, -0.15) is 0 Å². The molecule has 2 aromatic rings. The minimum Gasteiger partial charge on any atom is -0.508 e. The van der Waals surface area contributed by atoms with Gasteiger partial charge in [-0.25, -0.2) is 9.18 Å². The third kappa shape index (κ3) is 3.84. The van der Waals surface area contributed by atoms with E-state index in [0.717, 1.165) is 0 Å². The van der Waals surface area contributed by atoms with Gasteiger partial charge in [-0.3, -0.25) is 5.32 Å². The number of phenols is 1. The zero-order valence-corrected chi connectivity index (χ0v) is 18.3. The average molecular weight is 481 g/mol. The molecule has 2 aromatic carbocycles. The number of amides is 1. The summed E-state index contributed by atoms with van der Waals surface area (Å²) in [5, 5.41) is 16.0. The monoisotopic (exact) mass is 480 g/mol. The molecule has 9 heteroatoms. The zero-order chi connectivity index (χ0) is 21.7. The van der Waals surface area contributed by atoms with Crippen molar-refractivity contribution < 1.29 is 28.5 Å². The van der Waals surface area contributed by atoms with Gasteiger partial charge >= 0.3 is 6.09 Å². The second-order valence-corrected chi connectivity index (χ2v) is 9.17. The molecule has 0 radical (unpaired) electrons. The number of halogens is 2. The summed E-state index contributed by atoms with van der Waals surface area (Å²) < 4.78 is 32.8. The van der Waals surface area contributed by atoms with Gasteiger partial charge in [0.25, 0.3) is 0 Å². The van der Waals surface area contributed by atoms with Crippen LogP contribution in [0.1, 0.15) is 31.9 Å². The van der Waals surface area contributed by atoms with Crippen LogP contribution in [0.15, 0.2) is 34.8 Å². The fourth-order valence-corrected chi connectivity index (χ4v) is 4.11. The topological polar surface area (TPSA) is 89.1 Å². The van der Waals surface area contributed by atoms with Crippen LogP contribution in [-0.2, 0) is 15.1 Å². The van der Waals surface area contributed by atoms with Gasteiger partial charge in [0.05, 0.1) is 0 Å². The fourth-order valence-electron chi connectivity index (χ4n) is 3.68. The smallest absolute Gasteiger partial charge is 0.409 e. The summed E-state index contributed by atoms with van der Waals surface area (Å²) in [5.74, 6) is -0.137. The summed E-state index contributed by atoms with van der Waals surface area (Å²) in [7, 11) is 0. The lowest BCUT2D eigenvalue weighted by atomic mass is 9.82. The van der Waals surface area contributed by atoms with Crippen LogP contribution in [0.5, 0.6) is 17.2 Å². The summed E-state index contributed by atoms with van der Waals surface area (Å²) in [4.78, 5) is 12.3. The molecule has 1 unspecified atom stereocenters. The Morgan fingerprint density at radius 2 is 2.10 bits per heavy atom. The Morgan fingerprint density at radius 1 is 1.33 bits per heavy atom. The van der Waals surface area contributed by atoms with Crippen molar-refractivity contribution >= 4 is 22.0 Å². The van der Waals surface area contributed by atoms with Crippen LogP contribution in [0, 0.1) is 5.82 Å². The van der Waals surface area contributed by atoms with E-state index in [1.165, 1.54) is 18.2 Å². The second kappa shape index (κ2) is 7.40. The molecule has 2 atom stereocenters. The molecule has 2 aliphatic rings. The summed E-state index contributed by atoms with van der Waals surface area (Å²) in [5.41, 5.74) is -0.905. The number of nitrogens with one attached hydrogen (secondary N) is 2. The van der Waals surface area contributed by atoms with Crippen LogP contribution in [0.2, 0.25) is 0 Å². The first kappa shape index (κ1) is 20.9. The van der Waals surface area contributed by atoms with Gasteiger partial charge in [-0.05, 0) is 51.1 Å². The lowest BCUT2D eigenvalue weighted by Gasteiger charge is -2.45. The lowest BCUT2D eigenvalue weighted by Crippen LogP contribution is -2.58. The number of carbonyl (C=O) groups excluding carboxylic acids is 1. The minimum absolute atomic E-state index is 0.0152. The fraction of sp³-hybridized carbons (Fsp3) is 0.381. The molecule has 0 bridgehead atoms. The number of morpholine rings is 1. The molecule has 30 heavy (non-hydrogen) atoms. The number of phenolic OH excluding ortho intramolecular Hbond substituents is 1. The van der Waals surface area contributed by atoms with Crippen molar-refractivity contribution in [3.63, 3.8) is 0 Å². The highest BCUT2D eigenvalue weighted by molar-refractivity contribution is 9.10. The van der Waals surface area contributed by atoms with Crippen LogP contribution < -0.4 is 15.4 Å². The highest BCUT2D eigenvalue weighted by Gasteiger charge is 2.48. The molecule has 0 aliphatic carbocycles. The Morgan fingerprint density at radius 3 is 2.83 bits per heavy atom. The maximum absolute atomic E-state index is 14.8. The highest BCUT2D eigenvalue weighted by Crippen LogP contribution is 2.52. The minimum atomic E-state index is -1.20. The molecule has 0 saturated carbocycles. The van der Waals surface area contributed by atoms with Crippen LogP contribution in [0.3, 0.4) is 0 Å². The molecule has 1 spiro atoms. The van der Waals surface area contributed by atoms with Crippen LogP contribution in [0.4, 0.5) is 9.18 Å². The Kier molecular flexibility index (Phi) is 5.16. The molecule has 2 heterocycles. The first-order valence-electron chi connectivity index (χ1n) is 9.46. The first-order valence-corrected chi connectivity index (χ1v) is 10.3. The van der Waals surface area contributed by atoms with Crippen molar-refractivity contribution in [1.29, 1.82) is 0 Å². The number of fused-ring (bicyclic) bond motifs is 4. The number of rotatable bonds is 1. The Bertz CT molecular complexity index is 1010. The Hall–Kier alpha value is -2.36. The summed E-state index contributed by atoms with van der Waals surface area (Å²) >= 11 is 3.32. The SMILES string of the molecule is CC(C)(C)OC(=O)N[C@@H]1CNCC2(O1)c1cc(O)ccc1Oc1c(F)cc(Br)cc12. The van der Waals surface area contributed by atoms with E-state index in [-0.39, 0.29) is 18.0 Å². The van der Waals surface area contributed by atoms with Gasteiger partial charge in [-0.15, -0.1) is 0 Å². The largest absolute Gasteiger partial charge is 0.508 e.